The third-order valence-corrected chi connectivity index (χ3v) is 12.3. The predicted octanol–water partition coefficient (Wildman–Crippen LogP) is 11.0. The fourth-order valence-electron chi connectivity index (χ4n) is 3.95. The Bertz CT molecular complexity index is 1280. The molecule has 0 aliphatic carbocycles. The van der Waals surface area contributed by atoms with E-state index in [-0.39, 0.29) is 16.4 Å². The van der Waals surface area contributed by atoms with Crippen LogP contribution in [0.5, 0.6) is 0 Å². The van der Waals surface area contributed by atoms with E-state index in [1.807, 2.05) is 24.3 Å². The molecule has 0 aliphatic heterocycles. The number of aromatic nitrogens is 2. The summed E-state index contributed by atoms with van der Waals surface area (Å²) >= 11 is 0. The lowest BCUT2D eigenvalue weighted by Gasteiger charge is -2.22. The number of Topliss-reactive ketones (excluding diaryl/α,β-unsaturated/α-hetero) is 1. The van der Waals surface area contributed by atoms with Gasteiger partial charge in [0.2, 0.25) is 5.91 Å². The number of unbranched alkanes of at least 4 members (excludes halogenated alkanes) is 1. The normalized spacial score (nSPS) is 12.0. The molecule has 1 amide bonds. The molecule has 0 saturated carbocycles. The van der Waals surface area contributed by atoms with Gasteiger partial charge in [-0.15, -0.1) is 0 Å². The Hall–Kier alpha value is -2.50. The summed E-state index contributed by atoms with van der Waals surface area (Å²) in [5.41, 5.74) is 6.01. The summed E-state index contributed by atoms with van der Waals surface area (Å²) in [6.07, 6.45) is 35.8. The van der Waals surface area contributed by atoms with Crippen molar-refractivity contribution < 1.29 is 9.59 Å². The first-order chi connectivity index (χ1) is 24.4. The molecule has 274 valence electrons. The van der Waals surface area contributed by atoms with Gasteiger partial charge in [0.15, 0.2) is 5.78 Å². The van der Waals surface area contributed by atoms with Gasteiger partial charge in [-0.1, -0.05) is 106 Å². The molecule has 2 aromatic heterocycles. The first-order valence-corrected chi connectivity index (χ1v) is 22.2. The van der Waals surface area contributed by atoms with Crippen molar-refractivity contribution in [3.05, 3.63) is 115 Å². The maximum absolute atomic E-state index is 12.3. The fourth-order valence-corrected chi connectivity index (χ4v) is 8.16. The fraction of sp³-hybridized carbons (Fsp3) is 0.450. The molecule has 0 bridgehead atoms. The highest BCUT2D eigenvalue weighted by Crippen LogP contribution is 2.38. The summed E-state index contributed by atoms with van der Waals surface area (Å²) < 4.78 is -0.00617. The van der Waals surface area contributed by atoms with Gasteiger partial charge in [-0.25, -0.2) is 4.98 Å². The summed E-state index contributed by atoms with van der Waals surface area (Å²) in [6.45, 7) is 7.87. The molecule has 2 heterocycles. The summed E-state index contributed by atoms with van der Waals surface area (Å²) in [5.74, 6) is 2.08. The van der Waals surface area contributed by atoms with Gasteiger partial charge in [-0.05, 0) is 100 Å². The second-order valence-corrected chi connectivity index (χ2v) is 17.2. The summed E-state index contributed by atoms with van der Waals surface area (Å²) in [7, 11) is 6.94. The smallest absolute Gasteiger partial charge is 0.220 e. The van der Waals surface area contributed by atoms with Gasteiger partial charge in [0.25, 0.3) is 0 Å². The molecule has 50 heavy (non-hydrogen) atoms. The Labute approximate surface area is 318 Å². The van der Waals surface area contributed by atoms with Crippen molar-refractivity contribution in [1.82, 2.24) is 15.3 Å². The quantitative estimate of drug-likeness (QED) is 0.0421. The highest BCUT2D eigenvalue weighted by molar-refractivity contribution is 8.77. The van der Waals surface area contributed by atoms with Gasteiger partial charge in [0.1, 0.15) is 5.03 Å². The van der Waals surface area contributed by atoms with Crippen molar-refractivity contribution in [2.45, 2.75) is 94.8 Å². The van der Waals surface area contributed by atoms with Crippen LogP contribution in [0.25, 0.3) is 0 Å². The van der Waals surface area contributed by atoms with Crippen molar-refractivity contribution in [2.75, 3.05) is 24.6 Å². The van der Waals surface area contributed by atoms with E-state index >= 15 is 0 Å². The number of ketones is 1. The molecule has 0 unspecified atom stereocenters. The molecule has 10 heteroatoms. The Morgan fingerprint density at radius 3 is 2.10 bits per heavy atom. The third kappa shape index (κ3) is 28.2. The predicted molar refractivity (Wildman–Crippen MR) is 225 cm³/mol. The highest BCUT2D eigenvalue weighted by Gasteiger charge is 2.21. The van der Waals surface area contributed by atoms with E-state index in [1.54, 1.807) is 67.8 Å². The molecular weight excluding hydrogens is 697 g/mol. The van der Waals surface area contributed by atoms with Gasteiger partial charge >= 0.3 is 0 Å². The average Bonchev–Trinajstić information content (AvgIpc) is 3.13. The summed E-state index contributed by atoms with van der Waals surface area (Å²) in [4.78, 5) is 32.5. The van der Waals surface area contributed by atoms with Crippen molar-refractivity contribution in [3.63, 3.8) is 0 Å². The van der Waals surface area contributed by atoms with Crippen LogP contribution in [0.2, 0.25) is 0 Å². The molecular formula is C40H58N4O2S4. The largest absolute Gasteiger partial charge is 0.355 e. The van der Waals surface area contributed by atoms with Crippen LogP contribution in [0.4, 0.5) is 0 Å². The summed E-state index contributed by atoms with van der Waals surface area (Å²) in [5, 5.41) is 4.06. The number of hydrogen-bond acceptors (Lipinski definition) is 9. The van der Waals surface area contributed by atoms with Crippen molar-refractivity contribution >= 4 is 54.9 Å². The number of rotatable bonds is 26. The standard InChI is InChI=1S/C33H48N2O2S2.C7H10N2S2/c1-4-5-6-7-8-9-10-11-12-13-14-15-16-17-18-19-20-23-32(37)35-27-28-38-39-33(2,3)25-24-31(36)30-22-21-26-34-29-30;8-4-6-10-11-7-3-1-2-5-9-7/h5-6,8-9,11-12,14-15,17-18,21-22,26,29H,4,7,10,13,16,19-20,23-25,27-28H2,1-3H3,(H,35,37);1-3,5H,4,6,8H2/b6-5-,9-8-,12-11-,15-14-,18-17-;. The van der Waals surface area contributed by atoms with E-state index in [4.69, 9.17) is 5.73 Å². The molecule has 2 rings (SSSR count). The first kappa shape index (κ1) is 45.5. The van der Waals surface area contributed by atoms with Gasteiger partial charge in [0.05, 0.1) is 0 Å². The topological polar surface area (TPSA) is 98.0 Å². The van der Waals surface area contributed by atoms with Crippen LogP contribution >= 0.6 is 43.2 Å². The minimum absolute atomic E-state index is 0.00617. The van der Waals surface area contributed by atoms with Crippen LogP contribution < -0.4 is 11.1 Å². The number of carbonyl (C=O) groups excluding carboxylic acids is 2. The van der Waals surface area contributed by atoms with Crippen LogP contribution in [0.1, 0.15) is 95.3 Å². The van der Waals surface area contributed by atoms with Gasteiger partial charge in [-0.3, -0.25) is 14.6 Å². The lowest BCUT2D eigenvalue weighted by Crippen LogP contribution is -2.25. The highest BCUT2D eigenvalue weighted by atomic mass is 33.1. The average molecular weight is 755 g/mol. The maximum Gasteiger partial charge on any atom is 0.220 e. The molecule has 0 saturated heterocycles. The molecule has 3 N–H and O–H groups in total. The monoisotopic (exact) mass is 754 g/mol. The number of nitrogens with zero attached hydrogens (tertiary/aromatic N) is 2. The number of pyridine rings is 2. The minimum atomic E-state index is -0.00617. The minimum Gasteiger partial charge on any atom is -0.355 e. The number of nitrogens with two attached hydrogens (primary N) is 1. The number of carbonyl (C=O) groups is 2. The summed E-state index contributed by atoms with van der Waals surface area (Å²) in [6, 6.07) is 9.50. The number of hydrogen-bond donors (Lipinski definition) is 2. The maximum atomic E-state index is 12.3. The van der Waals surface area contributed by atoms with Crippen molar-refractivity contribution in [2.24, 2.45) is 5.73 Å². The van der Waals surface area contributed by atoms with Crippen LogP contribution in [0, 0.1) is 0 Å². The molecule has 0 atom stereocenters. The zero-order valence-electron chi connectivity index (χ0n) is 30.2. The van der Waals surface area contributed by atoms with Crippen LogP contribution in [-0.4, -0.2) is 51.0 Å². The second kappa shape index (κ2) is 32.4. The zero-order chi connectivity index (χ0) is 36.4. The zero-order valence-corrected chi connectivity index (χ0v) is 33.5. The van der Waals surface area contributed by atoms with Gasteiger partial charge < -0.3 is 11.1 Å². The number of allylic oxidation sites excluding steroid dienone is 10. The van der Waals surface area contributed by atoms with Crippen LogP contribution in [-0.2, 0) is 4.79 Å². The molecule has 0 spiro atoms. The molecule has 0 aliphatic rings. The SMILES string of the molecule is CC/C=C\C/C=C\C/C=C\C/C=C\C/C=C\CCCC(=O)NCCSSC(C)(C)CCC(=O)c1cccnc1.NCCSSc1ccccn1. The lowest BCUT2D eigenvalue weighted by atomic mass is 10.0. The Kier molecular flexibility index (Phi) is 29.5. The van der Waals surface area contributed by atoms with E-state index < -0.39 is 0 Å². The van der Waals surface area contributed by atoms with E-state index in [0.29, 0.717) is 24.9 Å². The third-order valence-electron chi connectivity index (χ3n) is 6.65. The van der Waals surface area contributed by atoms with E-state index in [9.17, 15) is 9.59 Å². The van der Waals surface area contributed by atoms with Crippen LogP contribution in [0.3, 0.4) is 0 Å². The Morgan fingerprint density at radius 2 is 1.50 bits per heavy atom. The van der Waals surface area contributed by atoms with Crippen LogP contribution in [0.15, 0.2) is 115 Å². The number of nitrogens with one attached hydrogen (secondary N) is 1. The van der Waals surface area contributed by atoms with Gasteiger partial charge in [0, 0.05) is 66.3 Å². The molecule has 6 nitrogen and oxygen atoms in total. The molecule has 0 fully saturated rings. The Balaban J connectivity index is 0.000000957. The molecule has 0 aromatic carbocycles. The van der Waals surface area contributed by atoms with Crippen molar-refractivity contribution in [3.8, 4) is 0 Å². The van der Waals surface area contributed by atoms with E-state index in [2.05, 4.69) is 96.8 Å². The Morgan fingerprint density at radius 1 is 0.820 bits per heavy atom. The van der Waals surface area contributed by atoms with Gasteiger partial charge in [-0.2, -0.15) is 0 Å². The second-order valence-electron chi connectivity index (χ2n) is 11.6. The molecule has 0 radical (unpaired) electrons. The molecule has 2 aromatic rings. The van der Waals surface area contributed by atoms with Crippen molar-refractivity contribution in [1.29, 1.82) is 0 Å². The number of amides is 1. The lowest BCUT2D eigenvalue weighted by molar-refractivity contribution is -0.121. The van der Waals surface area contributed by atoms with E-state index in [0.717, 1.165) is 74.4 Å². The van der Waals surface area contributed by atoms with E-state index in [1.165, 1.54) is 0 Å². The first-order valence-electron chi connectivity index (χ1n) is 17.5.